The van der Waals surface area contributed by atoms with E-state index in [-0.39, 0.29) is 5.91 Å². The number of carbonyl (C=O) groups excluding carboxylic acids is 1. The van der Waals surface area contributed by atoms with Gasteiger partial charge < -0.3 is 10.2 Å². The van der Waals surface area contributed by atoms with E-state index in [0.717, 1.165) is 43.9 Å². The first-order valence-corrected chi connectivity index (χ1v) is 8.41. The van der Waals surface area contributed by atoms with Crippen molar-refractivity contribution >= 4 is 17.7 Å². The van der Waals surface area contributed by atoms with Crippen LogP contribution in [0.3, 0.4) is 0 Å². The molecule has 0 saturated heterocycles. The van der Waals surface area contributed by atoms with Crippen molar-refractivity contribution in [2.45, 2.75) is 31.6 Å². The number of carbonyl (C=O) groups is 1. The van der Waals surface area contributed by atoms with Crippen LogP contribution in [-0.2, 0) is 4.79 Å². The summed E-state index contributed by atoms with van der Waals surface area (Å²) < 4.78 is 0. The molecule has 0 saturated carbocycles. The average Bonchev–Trinajstić information content (AvgIpc) is 2.50. The molecule has 112 valence electrons. The van der Waals surface area contributed by atoms with Gasteiger partial charge in [-0.15, -0.1) is 11.8 Å². The highest BCUT2D eigenvalue weighted by Crippen LogP contribution is 2.16. The van der Waals surface area contributed by atoms with Gasteiger partial charge in [-0.3, -0.25) is 4.79 Å². The maximum absolute atomic E-state index is 11.7. The molecular formula is C16H26N2OS. The van der Waals surface area contributed by atoms with Crippen LogP contribution in [0.15, 0.2) is 35.2 Å². The van der Waals surface area contributed by atoms with Crippen molar-refractivity contribution in [2.24, 2.45) is 0 Å². The Morgan fingerprint density at radius 3 is 2.50 bits per heavy atom. The summed E-state index contributed by atoms with van der Waals surface area (Å²) in [4.78, 5) is 15.2. The fourth-order valence-electron chi connectivity index (χ4n) is 1.94. The summed E-state index contributed by atoms with van der Waals surface area (Å²) >= 11 is 1.58. The van der Waals surface area contributed by atoms with Crippen molar-refractivity contribution in [3.05, 3.63) is 30.3 Å². The maximum Gasteiger partial charge on any atom is 0.230 e. The zero-order valence-corrected chi connectivity index (χ0v) is 13.4. The van der Waals surface area contributed by atoms with Gasteiger partial charge >= 0.3 is 0 Å². The number of amides is 1. The fraction of sp³-hybridized carbons (Fsp3) is 0.562. The number of hydrogen-bond acceptors (Lipinski definition) is 3. The lowest BCUT2D eigenvalue weighted by Gasteiger charge is -2.17. The van der Waals surface area contributed by atoms with Gasteiger partial charge in [0.25, 0.3) is 0 Å². The molecule has 1 N–H and O–H groups in total. The normalized spacial score (nSPS) is 10.8. The minimum atomic E-state index is 0.127. The number of thioether (sulfide) groups is 1. The first-order valence-electron chi connectivity index (χ1n) is 7.43. The lowest BCUT2D eigenvalue weighted by atomic mass is 10.3. The second kappa shape index (κ2) is 10.7. The van der Waals surface area contributed by atoms with Crippen LogP contribution in [0.4, 0.5) is 0 Å². The Hall–Kier alpha value is -1.00. The Morgan fingerprint density at radius 2 is 1.85 bits per heavy atom. The molecule has 0 aromatic heterocycles. The molecule has 0 spiro atoms. The van der Waals surface area contributed by atoms with E-state index in [4.69, 9.17) is 0 Å². The lowest BCUT2D eigenvalue weighted by molar-refractivity contribution is -0.118. The van der Waals surface area contributed by atoms with E-state index < -0.39 is 0 Å². The third-order valence-electron chi connectivity index (χ3n) is 3.23. The summed E-state index contributed by atoms with van der Waals surface area (Å²) in [7, 11) is 0. The second-order valence-electron chi connectivity index (χ2n) is 4.69. The highest BCUT2D eigenvalue weighted by atomic mass is 32.2. The first-order chi connectivity index (χ1) is 9.76. The molecule has 0 unspecified atom stereocenters. The average molecular weight is 294 g/mol. The van der Waals surface area contributed by atoms with Crippen LogP contribution in [-0.4, -0.2) is 42.7 Å². The zero-order valence-electron chi connectivity index (χ0n) is 12.6. The van der Waals surface area contributed by atoms with Crippen molar-refractivity contribution in [3.8, 4) is 0 Å². The maximum atomic E-state index is 11.7. The molecule has 20 heavy (non-hydrogen) atoms. The molecule has 1 amide bonds. The zero-order chi connectivity index (χ0) is 14.6. The molecule has 0 bridgehead atoms. The van der Waals surface area contributed by atoms with Crippen molar-refractivity contribution in [2.75, 3.05) is 31.9 Å². The van der Waals surface area contributed by atoms with Crippen molar-refractivity contribution in [1.29, 1.82) is 0 Å². The minimum Gasteiger partial charge on any atom is -0.355 e. The summed E-state index contributed by atoms with van der Waals surface area (Å²) in [5, 5.41) is 2.98. The van der Waals surface area contributed by atoms with Crippen molar-refractivity contribution in [3.63, 3.8) is 0 Å². The van der Waals surface area contributed by atoms with Gasteiger partial charge in [-0.25, -0.2) is 0 Å². The van der Waals surface area contributed by atoms with Crippen molar-refractivity contribution < 1.29 is 4.79 Å². The monoisotopic (exact) mass is 294 g/mol. The molecule has 0 aliphatic carbocycles. The molecule has 3 nitrogen and oxygen atoms in total. The fourth-order valence-corrected chi connectivity index (χ4v) is 2.69. The van der Waals surface area contributed by atoms with Gasteiger partial charge in [0.05, 0.1) is 5.75 Å². The Morgan fingerprint density at radius 1 is 1.15 bits per heavy atom. The SMILES string of the molecule is CCN(CC)CCCCNC(=O)CSc1ccccc1. The smallest absolute Gasteiger partial charge is 0.230 e. The number of nitrogens with one attached hydrogen (secondary N) is 1. The Bertz CT molecular complexity index is 366. The molecule has 0 aliphatic rings. The number of benzene rings is 1. The van der Waals surface area contributed by atoms with Crippen LogP contribution in [0, 0.1) is 0 Å². The van der Waals surface area contributed by atoms with Crippen LogP contribution in [0.2, 0.25) is 0 Å². The summed E-state index contributed by atoms with van der Waals surface area (Å²) in [5.74, 6) is 0.627. The molecule has 1 rings (SSSR count). The number of rotatable bonds is 10. The van der Waals surface area contributed by atoms with Gasteiger partial charge in [-0.2, -0.15) is 0 Å². The standard InChI is InChI=1S/C16H26N2OS/c1-3-18(4-2)13-9-8-12-17-16(19)14-20-15-10-6-5-7-11-15/h5-7,10-11H,3-4,8-9,12-14H2,1-2H3,(H,17,19). The predicted molar refractivity (Wildman–Crippen MR) is 87.2 cm³/mol. The molecule has 4 heteroatoms. The largest absolute Gasteiger partial charge is 0.355 e. The van der Waals surface area contributed by atoms with E-state index in [0.29, 0.717) is 5.75 Å². The van der Waals surface area contributed by atoms with E-state index in [1.165, 1.54) is 0 Å². The van der Waals surface area contributed by atoms with E-state index in [9.17, 15) is 4.79 Å². The molecule has 0 fully saturated rings. The van der Waals surface area contributed by atoms with Crippen LogP contribution >= 0.6 is 11.8 Å². The van der Waals surface area contributed by atoms with Crippen LogP contribution in [0.25, 0.3) is 0 Å². The van der Waals surface area contributed by atoms with Gasteiger partial charge in [0.15, 0.2) is 0 Å². The van der Waals surface area contributed by atoms with Gasteiger partial charge in [0.2, 0.25) is 5.91 Å². The Labute approximate surface area is 127 Å². The summed E-state index contributed by atoms with van der Waals surface area (Å²) in [6.07, 6.45) is 2.20. The molecule has 0 aliphatic heterocycles. The second-order valence-corrected chi connectivity index (χ2v) is 5.73. The van der Waals surface area contributed by atoms with Crippen LogP contribution in [0.5, 0.6) is 0 Å². The van der Waals surface area contributed by atoms with E-state index in [1.807, 2.05) is 30.3 Å². The first kappa shape index (κ1) is 17.1. The molecule has 0 atom stereocenters. The van der Waals surface area contributed by atoms with Gasteiger partial charge in [-0.05, 0) is 44.6 Å². The highest BCUT2D eigenvalue weighted by Gasteiger charge is 2.02. The molecule has 1 aromatic rings. The number of hydrogen-bond donors (Lipinski definition) is 1. The minimum absolute atomic E-state index is 0.127. The van der Waals surface area contributed by atoms with E-state index >= 15 is 0 Å². The van der Waals surface area contributed by atoms with Gasteiger partial charge in [0.1, 0.15) is 0 Å². The lowest BCUT2D eigenvalue weighted by Crippen LogP contribution is -2.28. The topological polar surface area (TPSA) is 32.3 Å². The molecule has 1 aromatic carbocycles. The van der Waals surface area contributed by atoms with Gasteiger partial charge in [0, 0.05) is 11.4 Å². The van der Waals surface area contributed by atoms with Crippen molar-refractivity contribution in [1.82, 2.24) is 10.2 Å². The Balaban J connectivity index is 2.03. The van der Waals surface area contributed by atoms with E-state index in [1.54, 1.807) is 11.8 Å². The molecular weight excluding hydrogens is 268 g/mol. The van der Waals surface area contributed by atoms with E-state index in [2.05, 4.69) is 24.1 Å². The van der Waals surface area contributed by atoms with Crippen LogP contribution in [0.1, 0.15) is 26.7 Å². The van der Waals surface area contributed by atoms with Gasteiger partial charge in [-0.1, -0.05) is 32.0 Å². The number of nitrogens with zero attached hydrogens (tertiary/aromatic N) is 1. The summed E-state index contributed by atoms with van der Waals surface area (Å²) in [6.45, 7) is 8.50. The Kier molecular flexibility index (Phi) is 9.16. The molecule has 0 radical (unpaired) electrons. The quantitative estimate of drug-likeness (QED) is 0.532. The summed E-state index contributed by atoms with van der Waals surface area (Å²) in [6, 6.07) is 10.0. The molecule has 0 heterocycles. The predicted octanol–water partition coefficient (Wildman–Crippen LogP) is 3.02. The third kappa shape index (κ3) is 7.56. The third-order valence-corrected chi connectivity index (χ3v) is 4.24. The number of unbranched alkanes of at least 4 members (excludes halogenated alkanes) is 1. The summed E-state index contributed by atoms with van der Waals surface area (Å²) in [5.41, 5.74) is 0. The highest BCUT2D eigenvalue weighted by molar-refractivity contribution is 8.00. The van der Waals surface area contributed by atoms with Crippen LogP contribution < -0.4 is 5.32 Å².